The molecule has 0 radical (unpaired) electrons. The van der Waals surface area contributed by atoms with Gasteiger partial charge in [0.25, 0.3) is 0 Å². The Labute approximate surface area is 117 Å². The van der Waals surface area contributed by atoms with Crippen LogP contribution in [-0.4, -0.2) is 4.98 Å². The normalized spacial score (nSPS) is 11.6. The fourth-order valence-electron chi connectivity index (χ4n) is 1.87. The molecule has 0 spiro atoms. The summed E-state index contributed by atoms with van der Waals surface area (Å²) in [5.74, 6) is 0. The standard InChI is InChI=1S/C16H18BrN/c1-16(2,3)14-10-13(11-15(17)18-14)9-12-7-5-4-6-8-12/h4-8,10-11H,9H2,1-3H3. The summed E-state index contributed by atoms with van der Waals surface area (Å²) in [5.41, 5.74) is 3.83. The number of rotatable bonds is 2. The predicted molar refractivity (Wildman–Crippen MR) is 79.9 cm³/mol. The van der Waals surface area contributed by atoms with Crippen LogP contribution in [0.3, 0.4) is 0 Å². The molecule has 1 nitrogen and oxygen atoms in total. The molecule has 0 saturated carbocycles. The van der Waals surface area contributed by atoms with Crippen LogP contribution in [0.2, 0.25) is 0 Å². The lowest BCUT2D eigenvalue weighted by molar-refractivity contribution is 0.566. The van der Waals surface area contributed by atoms with Crippen molar-refractivity contribution in [1.82, 2.24) is 4.98 Å². The van der Waals surface area contributed by atoms with Crippen molar-refractivity contribution in [3.8, 4) is 0 Å². The van der Waals surface area contributed by atoms with Crippen LogP contribution < -0.4 is 0 Å². The van der Waals surface area contributed by atoms with Crippen LogP contribution in [0.25, 0.3) is 0 Å². The first-order valence-corrected chi connectivity index (χ1v) is 6.95. The highest BCUT2D eigenvalue weighted by molar-refractivity contribution is 9.10. The number of nitrogens with zero attached hydrogens (tertiary/aromatic N) is 1. The highest BCUT2D eigenvalue weighted by Gasteiger charge is 2.16. The molecule has 0 amide bonds. The van der Waals surface area contributed by atoms with Crippen molar-refractivity contribution in [1.29, 1.82) is 0 Å². The van der Waals surface area contributed by atoms with E-state index < -0.39 is 0 Å². The van der Waals surface area contributed by atoms with E-state index in [-0.39, 0.29) is 5.41 Å². The van der Waals surface area contributed by atoms with Gasteiger partial charge in [-0.2, -0.15) is 0 Å². The molecule has 1 aromatic carbocycles. The fraction of sp³-hybridized carbons (Fsp3) is 0.312. The number of benzene rings is 1. The van der Waals surface area contributed by atoms with Crippen LogP contribution in [-0.2, 0) is 11.8 Å². The highest BCUT2D eigenvalue weighted by Crippen LogP contribution is 2.24. The number of aromatic nitrogens is 1. The summed E-state index contributed by atoms with van der Waals surface area (Å²) in [5, 5.41) is 0. The maximum Gasteiger partial charge on any atom is 0.106 e. The Balaban J connectivity index is 2.32. The van der Waals surface area contributed by atoms with E-state index in [9.17, 15) is 0 Å². The molecule has 0 fully saturated rings. The SMILES string of the molecule is CC(C)(C)c1cc(Cc2ccccc2)cc(Br)n1. The molecule has 0 atom stereocenters. The Bertz CT molecular complexity index is 527. The molecule has 0 N–H and O–H groups in total. The minimum atomic E-state index is 0.0786. The average molecular weight is 304 g/mol. The topological polar surface area (TPSA) is 12.9 Å². The zero-order valence-electron chi connectivity index (χ0n) is 11.1. The third-order valence-corrected chi connectivity index (χ3v) is 3.28. The van der Waals surface area contributed by atoms with Gasteiger partial charge in [-0.25, -0.2) is 4.98 Å². The van der Waals surface area contributed by atoms with Crippen molar-refractivity contribution in [2.45, 2.75) is 32.6 Å². The molecule has 1 heterocycles. The number of hydrogen-bond acceptors (Lipinski definition) is 1. The van der Waals surface area contributed by atoms with Crippen molar-refractivity contribution in [3.05, 3.63) is 63.9 Å². The summed E-state index contributed by atoms with van der Waals surface area (Å²) in [4.78, 5) is 4.56. The van der Waals surface area contributed by atoms with Gasteiger partial charge in [0.2, 0.25) is 0 Å². The zero-order chi connectivity index (χ0) is 13.2. The lowest BCUT2D eigenvalue weighted by atomic mass is 9.90. The average Bonchev–Trinajstić information content (AvgIpc) is 2.28. The van der Waals surface area contributed by atoms with E-state index in [1.165, 1.54) is 11.1 Å². The van der Waals surface area contributed by atoms with Gasteiger partial charge in [0.15, 0.2) is 0 Å². The van der Waals surface area contributed by atoms with E-state index >= 15 is 0 Å². The van der Waals surface area contributed by atoms with Gasteiger partial charge in [0, 0.05) is 11.1 Å². The minimum Gasteiger partial charge on any atom is -0.245 e. The summed E-state index contributed by atoms with van der Waals surface area (Å²) in [6.07, 6.45) is 0.949. The molecule has 94 valence electrons. The second-order valence-electron chi connectivity index (χ2n) is 5.60. The molecule has 2 heteroatoms. The van der Waals surface area contributed by atoms with Gasteiger partial charge in [-0.1, -0.05) is 51.1 Å². The molecule has 0 aliphatic rings. The summed E-state index contributed by atoms with van der Waals surface area (Å²) >= 11 is 3.51. The summed E-state index contributed by atoms with van der Waals surface area (Å²) in [7, 11) is 0. The molecule has 0 aliphatic carbocycles. The van der Waals surface area contributed by atoms with E-state index in [1.54, 1.807) is 0 Å². The van der Waals surface area contributed by atoms with Crippen LogP contribution in [0.5, 0.6) is 0 Å². The van der Waals surface area contributed by atoms with E-state index in [0.717, 1.165) is 16.7 Å². The fourth-order valence-corrected chi connectivity index (χ4v) is 2.35. The monoisotopic (exact) mass is 303 g/mol. The lowest BCUT2D eigenvalue weighted by Gasteiger charge is -2.19. The predicted octanol–water partition coefficient (Wildman–Crippen LogP) is 4.73. The Kier molecular flexibility index (Phi) is 3.86. The van der Waals surface area contributed by atoms with E-state index in [0.29, 0.717) is 0 Å². The quantitative estimate of drug-likeness (QED) is 0.731. The molecule has 18 heavy (non-hydrogen) atoms. The number of pyridine rings is 1. The molecular formula is C16H18BrN. The Morgan fingerprint density at radius 3 is 2.28 bits per heavy atom. The van der Waals surface area contributed by atoms with Crippen molar-refractivity contribution >= 4 is 15.9 Å². The van der Waals surface area contributed by atoms with Crippen LogP contribution in [0.4, 0.5) is 0 Å². The maximum atomic E-state index is 4.56. The first kappa shape index (κ1) is 13.3. The molecule has 0 saturated heterocycles. The zero-order valence-corrected chi connectivity index (χ0v) is 12.7. The van der Waals surface area contributed by atoms with Crippen molar-refractivity contribution in [3.63, 3.8) is 0 Å². The van der Waals surface area contributed by atoms with Gasteiger partial charge in [-0.05, 0) is 45.6 Å². The summed E-state index contributed by atoms with van der Waals surface area (Å²) in [6, 6.07) is 14.8. The van der Waals surface area contributed by atoms with Crippen molar-refractivity contribution < 1.29 is 0 Å². The van der Waals surface area contributed by atoms with Crippen molar-refractivity contribution in [2.24, 2.45) is 0 Å². The number of hydrogen-bond donors (Lipinski definition) is 0. The Hall–Kier alpha value is -1.15. The van der Waals surface area contributed by atoms with Gasteiger partial charge in [-0.15, -0.1) is 0 Å². The third-order valence-electron chi connectivity index (χ3n) is 2.87. The summed E-state index contributed by atoms with van der Waals surface area (Å²) in [6.45, 7) is 6.57. The first-order valence-electron chi connectivity index (χ1n) is 6.16. The second-order valence-corrected chi connectivity index (χ2v) is 6.41. The maximum absolute atomic E-state index is 4.56. The molecule has 2 rings (SSSR count). The first-order chi connectivity index (χ1) is 8.45. The molecular weight excluding hydrogens is 286 g/mol. The minimum absolute atomic E-state index is 0.0786. The van der Waals surface area contributed by atoms with E-state index in [2.05, 4.69) is 78.1 Å². The molecule has 1 aromatic heterocycles. The summed E-state index contributed by atoms with van der Waals surface area (Å²) < 4.78 is 0.917. The smallest absolute Gasteiger partial charge is 0.106 e. The lowest BCUT2D eigenvalue weighted by Crippen LogP contribution is -2.14. The van der Waals surface area contributed by atoms with Crippen LogP contribution >= 0.6 is 15.9 Å². The van der Waals surface area contributed by atoms with E-state index in [1.807, 2.05) is 6.07 Å². The van der Waals surface area contributed by atoms with Crippen LogP contribution in [0, 0.1) is 0 Å². The highest BCUT2D eigenvalue weighted by atomic mass is 79.9. The molecule has 0 unspecified atom stereocenters. The Morgan fingerprint density at radius 1 is 1.00 bits per heavy atom. The number of halogens is 1. The van der Waals surface area contributed by atoms with Gasteiger partial charge in [-0.3, -0.25) is 0 Å². The third kappa shape index (κ3) is 3.42. The van der Waals surface area contributed by atoms with E-state index in [4.69, 9.17) is 0 Å². The van der Waals surface area contributed by atoms with Crippen LogP contribution in [0.15, 0.2) is 47.1 Å². The van der Waals surface area contributed by atoms with Crippen LogP contribution in [0.1, 0.15) is 37.6 Å². The van der Waals surface area contributed by atoms with Gasteiger partial charge >= 0.3 is 0 Å². The Morgan fingerprint density at radius 2 is 1.67 bits per heavy atom. The van der Waals surface area contributed by atoms with Gasteiger partial charge < -0.3 is 0 Å². The van der Waals surface area contributed by atoms with Crippen molar-refractivity contribution in [2.75, 3.05) is 0 Å². The largest absolute Gasteiger partial charge is 0.245 e. The van der Waals surface area contributed by atoms with Gasteiger partial charge in [0.05, 0.1) is 0 Å². The second kappa shape index (κ2) is 5.23. The van der Waals surface area contributed by atoms with Gasteiger partial charge in [0.1, 0.15) is 4.60 Å². The molecule has 0 bridgehead atoms. The molecule has 2 aromatic rings. The molecule has 0 aliphatic heterocycles.